The molecule has 2 aromatic rings. The van der Waals surface area contributed by atoms with Gasteiger partial charge in [-0.25, -0.2) is 0 Å². The van der Waals surface area contributed by atoms with E-state index in [1.165, 1.54) is 17.1 Å². The lowest BCUT2D eigenvalue weighted by atomic mass is 10.1. The summed E-state index contributed by atoms with van der Waals surface area (Å²) in [5.41, 5.74) is 2.43. The highest BCUT2D eigenvalue weighted by molar-refractivity contribution is 7.03. The lowest BCUT2D eigenvalue weighted by Gasteiger charge is -2.12. The number of hydrogen-bond acceptors (Lipinski definition) is 4. The van der Waals surface area contributed by atoms with Crippen LogP contribution in [0.5, 0.6) is 0 Å². The smallest absolute Gasteiger partial charge is 0.0893 e. The van der Waals surface area contributed by atoms with E-state index in [2.05, 4.69) is 52.2 Å². The summed E-state index contributed by atoms with van der Waals surface area (Å²) in [5, 5.41) is 9.45. The highest BCUT2D eigenvalue weighted by atomic mass is 32.1. The van der Waals surface area contributed by atoms with Crippen LogP contribution in [0.15, 0.2) is 35.7 Å². The molecule has 17 heavy (non-hydrogen) atoms. The number of hydrogen-bond donors (Lipinski definition) is 1. The van der Waals surface area contributed by atoms with E-state index in [0.29, 0.717) is 6.04 Å². The first-order valence-corrected chi connectivity index (χ1v) is 6.71. The topological polar surface area (TPSA) is 37.8 Å². The molecule has 90 valence electrons. The molecule has 0 aliphatic carbocycles. The third kappa shape index (κ3) is 4.24. The Morgan fingerprint density at radius 1 is 1.29 bits per heavy atom. The Morgan fingerprint density at radius 2 is 2.12 bits per heavy atom. The van der Waals surface area contributed by atoms with Crippen LogP contribution in [0.2, 0.25) is 0 Å². The minimum atomic E-state index is 0.497. The number of aryl methyl sites for hydroxylation is 1. The van der Waals surface area contributed by atoms with Crippen molar-refractivity contribution >= 4 is 11.5 Å². The maximum Gasteiger partial charge on any atom is 0.0893 e. The maximum absolute atomic E-state index is 4.01. The van der Waals surface area contributed by atoms with Crippen LogP contribution >= 0.6 is 11.5 Å². The van der Waals surface area contributed by atoms with Crippen molar-refractivity contribution in [1.82, 2.24) is 14.9 Å². The van der Waals surface area contributed by atoms with Gasteiger partial charge < -0.3 is 5.32 Å². The fourth-order valence-corrected chi connectivity index (χ4v) is 2.12. The Morgan fingerprint density at radius 3 is 2.82 bits per heavy atom. The van der Waals surface area contributed by atoms with Crippen molar-refractivity contribution in [3.05, 3.63) is 47.0 Å². The van der Waals surface area contributed by atoms with Gasteiger partial charge in [0.2, 0.25) is 0 Å². The Hall–Kier alpha value is -1.26. The fourth-order valence-electron chi connectivity index (χ4n) is 1.67. The molecule has 0 saturated carbocycles. The third-order valence-electron chi connectivity index (χ3n) is 2.75. The molecule has 1 aromatic carbocycles. The zero-order valence-corrected chi connectivity index (χ0v) is 10.8. The van der Waals surface area contributed by atoms with Crippen LogP contribution < -0.4 is 5.32 Å². The predicted octanol–water partition coefficient (Wildman–Crippen LogP) is 2.65. The van der Waals surface area contributed by atoms with Crippen molar-refractivity contribution < 1.29 is 0 Å². The van der Waals surface area contributed by atoms with Crippen LogP contribution in [0.25, 0.3) is 0 Å². The van der Waals surface area contributed by atoms with Gasteiger partial charge in [0, 0.05) is 18.0 Å². The van der Waals surface area contributed by atoms with Gasteiger partial charge >= 0.3 is 0 Å². The van der Waals surface area contributed by atoms with Crippen LogP contribution in [-0.2, 0) is 13.0 Å². The number of nitrogens with zero attached hydrogens (tertiary/aromatic N) is 2. The highest BCUT2D eigenvalue weighted by Crippen LogP contribution is 2.05. The Bertz CT molecular complexity index is 413. The van der Waals surface area contributed by atoms with Gasteiger partial charge in [-0.05, 0) is 36.9 Å². The molecule has 0 amide bonds. The molecule has 1 aromatic heterocycles. The molecule has 0 fully saturated rings. The summed E-state index contributed by atoms with van der Waals surface area (Å²) in [6.45, 7) is 3.02. The first-order valence-electron chi connectivity index (χ1n) is 5.88. The van der Waals surface area contributed by atoms with Gasteiger partial charge in [-0.3, -0.25) is 0 Å². The second kappa shape index (κ2) is 6.47. The number of rotatable bonds is 6. The largest absolute Gasteiger partial charge is 0.309 e. The standard InChI is InChI=1S/C13H17N3S/c1-11(14-9-13-10-17-16-15-13)7-8-12-5-3-2-4-6-12/h2-6,10-11,14H,7-9H2,1H3. The number of nitrogens with one attached hydrogen (secondary N) is 1. The van der Waals surface area contributed by atoms with E-state index in [0.717, 1.165) is 25.1 Å². The average molecular weight is 247 g/mol. The summed E-state index contributed by atoms with van der Waals surface area (Å²) in [6.07, 6.45) is 2.26. The average Bonchev–Trinajstić information content (AvgIpc) is 2.88. The summed E-state index contributed by atoms with van der Waals surface area (Å²) in [5.74, 6) is 0. The molecule has 1 unspecified atom stereocenters. The molecule has 0 aliphatic heterocycles. The van der Waals surface area contributed by atoms with Crippen molar-refractivity contribution in [2.75, 3.05) is 0 Å². The van der Waals surface area contributed by atoms with Crippen molar-refractivity contribution in [3.8, 4) is 0 Å². The van der Waals surface area contributed by atoms with Crippen molar-refractivity contribution in [3.63, 3.8) is 0 Å². The Kier molecular flexibility index (Phi) is 4.64. The SMILES string of the molecule is CC(CCc1ccccc1)NCc1csnn1. The normalized spacial score (nSPS) is 12.5. The van der Waals surface area contributed by atoms with Gasteiger partial charge in [0.15, 0.2) is 0 Å². The van der Waals surface area contributed by atoms with Gasteiger partial charge in [0.05, 0.1) is 5.69 Å². The Balaban J connectivity index is 1.69. The first kappa shape index (κ1) is 12.2. The molecule has 3 nitrogen and oxygen atoms in total. The molecule has 1 heterocycles. The molecule has 1 atom stereocenters. The van der Waals surface area contributed by atoms with E-state index in [1.807, 2.05) is 5.38 Å². The second-order valence-electron chi connectivity index (χ2n) is 4.20. The quantitative estimate of drug-likeness (QED) is 0.852. The minimum absolute atomic E-state index is 0.497. The molecule has 4 heteroatoms. The van der Waals surface area contributed by atoms with E-state index in [4.69, 9.17) is 0 Å². The fraction of sp³-hybridized carbons (Fsp3) is 0.385. The highest BCUT2D eigenvalue weighted by Gasteiger charge is 2.03. The summed E-state index contributed by atoms with van der Waals surface area (Å²) in [4.78, 5) is 0. The zero-order chi connectivity index (χ0) is 11.9. The van der Waals surface area contributed by atoms with Gasteiger partial charge in [0.25, 0.3) is 0 Å². The molecule has 0 saturated heterocycles. The number of aromatic nitrogens is 2. The summed E-state index contributed by atoms with van der Waals surface area (Å²) in [6, 6.07) is 11.1. The molecule has 0 bridgehead atoms. The molecule has 1 N–H and O–H groups in total. The maximum atomic E-state index is 4.01. The summed E-state index contributed by atoms with van der Waals surface area (Å²) in [7, 11) is 0. The van der Waals surface area contributed by atoms with E-state index in [-0.39, 0.29) is 0 Å². The van der Waals surface area contributed by atoms with Gasteiger partial charge in [-0.15, -0.1) is 5.10 Å². The molecule has 0 radical (unpaired) electrons. The molecule has 2 rings (SSSR count). The van der Waals surface area contributed by atoms with Crippen LogP contribution in [0.3, 0.4) is 0 Å². The summed E-state index contributed by atoms with van der Waals surface area (Å²) < 4.78 is 3.85. The van der Waals surface area contributed by atoms with E-state index in [9.17, 15) is 0 Å². The van der Waals surface area contributed by atoms with Crippen LogP contribution in [-0.4, -0.2) is 15.6 Å². The van der Waals surface area contributed by atoms with E-state index >= 15 is 0 Å². The number of benzene rings is 1. The Labute approximate surface area is 106 Å². The first-order chi connectivity index (χ1) is 8.34. The third-order valence-corrected chi connectivity index (χ3v) is 3.30. The van der Waals surface area contributed by atoms with Gasteiger partial charge in [0.1, 0.15) is 0 Å². The molecule has 0 spiro atoms. The van der Waals surface area contributed by atoms with Crippen molar-refractivity contribution in [1.29, 1.82) is 0 Å². The van der Waals surface area contributed by atoms with Gasteiger partial charge in [-0.2, -0.15) is 0 Å². The van der Waals surface area contributed by atoms with Crippen LogP contribution in [0.4, 0.5) is 0 Å². The zero-order valence-electron chi connectivity index (χ0n) is 9.97. The lowest BCUT2D eigenvalue weighted by molar-refractivity contribution is 0.509. The van der Waals surface area contributed by atoms with Crippen molar-refractivity contribution in [2.24, 2.45) is 0 Å². The van der Waals surface area contributed by atoms with Crippen LogP contribution in [0.1, 0.15) is 24.6 Å². The minimum Gasteiger partial charge on any atom is -0.309 e. The van der Waals surface area contributed by atoms with E-state index < -0.39 is 0 Å². The summed E-state index contributed by atoms with van der Waals surface area (Å²) >= 11 is 1.40. The van der Waals surface area contributed by atoms with E-state index in [1.54, 1.807) is 0 Å². The van der Waals surface area contributed by atoms with Gasteiger partial charge in [-0.1, -0.05) is 34.8 Å². The van der Waals surface area contributed by atoms with Crippen LogP contribution in [0, 0.1) is 0 Å². The predicted molar refractivity (Wildman–Crippen MR) is 71.0 cm³/mol. The molecular weight excluding hydrogens is 230 g/mol. The monoisotopic (exact) mass is 247 g/mol. The lowest BCUT2D eigenvalue weighted by Crippen LogP contribution is -2.26. The molecular formula is C13H17N3S. The molecule has 0 aliphatic rings. The van der Waals surface area contributed by atoms with Crippen molar-refractivity contribution in [2.45, 2.75) is 32.4 Å². The second-order valence-corrected chi connectivity index (χ2v) is 4.81.